The van der Waals surface area contributed by atoms with Gasteiger partial charge < -0.3 is 45.8 Å². The van der Waals surface area contributed by atoms with Crippen molar-refractivity contribution in [2.45, 2.75) is 105 Å². The van der Waals surface area contributed by atoms with E-state index in [2.05, 4.69) is 10.5 Å². The summed E-state index contributed by atoms with van der Waals surface area (Å²) in [6, 6.07) is 6.84. The Labute approximate surface area is 303 Å². The van der Waals surface area contributed by atoms with Gasteiger partial charge in [0, 0.05) is 35.6 Å². The van der Waals surface area contributed by atoms with Crippen LogP contribution in [0.4, 0.5) is 5.69 Å². The van der Waals surface area contributed by atoms with Crippen molar-refractivity contribution in [1.82, 2.24) is 0 Å². The Balaban J connectivity index is 1.55. The van der Waals surface area contributed by atoms with Gasteiger partial charge in [-0.3, -0.25) is 15.5 Å². The predicted molar refractivity (Wildman–Crippen MR) is 197 cm³/mol. The summed E-state index contributed by atoms with van der Waals surface area (Å²) in [5, 5.41) is 54.2. The lowest BCUT2D eigenvalue weighted by Crippen LogP contribution is -2.47. The van der Waals surface area contributed by atoms with Crippen molar-refractivity contribution in [3.63, 3.8) is 0 Å². The van der Waals surface area contributed by atoms with E-state index < -0.39 is 40.6 Å². The fourth-order valence-corrected chi connectivity index (χ4v) is 11.2. The number of rotatable bonds is 8. The fourth-order valence-electron chi connectivity index (χ4n) is 8.30. The summed E-state index contributed by atoms with van der Waals surface area (Å²) in [5.74, 6) is 0.394. The van der Waals surface area contributed by atoms with E-state index in [0.29, 0.717) is 46.7 Å². The number of aliphatic hydroxyl groups excluding tert-OH is 3. The molecule has 10 N–H and O–H groups in total. The van der Waals surface area contributed by atoms with Crippen LogP contribution in [0.3, 0.4) is 0 Å². The van der Waals surface area contributed by atoms with E-state index in [-0.39, 0.29) is 65.5 Å². The molecule has 4 aliphatic rings. The molecule has 51 heavy (non-hydrogen) atoms. The molecule has 3 heterocycles. The van der Waals surface area contributed by atoms with Crippen LogP contribution < -0.4 is 31.8 Å². The predicted octanol–water partition coefficient (Wildman–Crippen LogP) is 4.14. The first-order valence-electron chi connectivity index (χ1n) is 17.5. The first-order valence-corrected chi connectivity index (χ1v) is 19.9. The van der Waals surface area contributed by atoms with E-state index in [1.807, 2.05) is 0 Å². The molecule has 2 aliphatic heterocycles. The number of anilines is 1. The van der Waals surface area contributed by atoms with Crippen LogP contribution in [0, 0.1) is 0 Å². The van der Waals surface area contributed by atoms with Gasteiger partial charge in [0.2, 0.25) is 0 Å². The van der Waals surface area contributed by atoms with Crippen molar-refractivity contribution < 1.29 is 39.5 Å². The zero-order chi connectivity index (χ0) is 36.1. The summed E-state index contributed by atoms with van der Waals surface area (Å²) < 4.78 is 20.4. The highest BCUT2D eigenvalue weighted by atomic mass is 33.1. The Morgan fingerprint density at radius 3 is 2.53 bits per heavy atom. The second-order valence-corrected chi connectivity index (χ2v) is 17.1. The first-order chi connectivity index (χ1) is 24.5. The molecule has 0 amide bonds. The molecule has 2 saturated carbocycles. The maximum absolute atomic E-state index is 15.3. The van der Waals surface area contributed by atoms with Crippen LogP contribution in [-0.2, 0) is 6.42 Å². The largest absolute Gasteiger partial charge is 0.489 e. The number of fused-ring (bicyclic) bond motifs is 5. The minimum Gasteiger partial charge on any atom is -0.489 e. The number of ether oxygens (including phenoxy) is 2. The van der Waals surface area contributed by atoms with Gasteiger partial charge in [-0.25, -0.2) is 4.99 Å². The number of aliphatic imine (C=N–C) groups is 1. The van der Waals surface area contributed by atoms with Crippen molar-refractivity contribution >= 4 is 44.2 Å². The van der Waals surface area contributed by atoms with E-state index in [1.165, 1.54) is 21.6 Å². The van der Waals surface area contributed by atoms with E-state index in [1.54, 1.807) is 31.2 Å². The second-order valence-electron chi connectivity index (χ2n) is 14.5. The fraction of sp³-hybridized carbons (Fsp3) is 0.556. The molecule has 3 aromatic rings. The highest BCUT2D eigenvalue weighted by Gasteiger charge is 2.52. The van der Waals surface area contributed by atoms with Gasteiger partial charge in [-0.15, -0.1) is 0 Å². The normalized spacial score (nSPS) is 29.2. The van der Waals surface area contributed by atoms with Crippen molar-refractivity contribution in [3.8, 4) is 11.5 Å². The Morgan fingerprint density at radius 1 is 1.12 bits per heavy atom. The molecule has 2 aromatic carbocycles. The number of guanidine groups is 1. The van der Waals surface area contributed by atoms with Crippen molar-refractivity contribution in [2.75, 3.05) is 24.4 Å². The van der Waals surface area contributed by atoms with E-state index in [9.17, 15) is 25.6 Å². The van der Waals surface area contributed by atoms with Gasteiger partial charge in [0.1, 0.15) is 46.0 Å². The molecular formula is C36H46N4O9S2. The molecule has 6 atom stereocenters. The number of aliphatic hydroxyl groups is 4. The number of hydrogen-bond acceptors (Lipinski definition) is 13. The average Bonchev–Trinajstić information content (AvgIpc) is 3.76. The summed E-state index contributed by atoms with van der Waals surface area (Å²) in [6.07, 6.45) is 3.34. The van der Waals surface area contributed by atoms with E-state index in [0.717, 1.165) is 32.1 Å². The summed E-state index contributed by atoms with van der Waals surface area (Å²) in [6.45, 7) is 0.898. The van der Waals surface area contributed by atoms with E-state index in [4.69, 9.17) is 25.4 Å². The molecule has 0 radical (unpaired) electrons. The molecule has 1 aromatic heterocycles. The van der Waals surface area contributed by atoms with Crippen LogP contribution in [-0.4, -0.2) is 73.9 Å². The summed E-state index contributed by atoms with van der Waals surface area (Å²) in [7, 11) is 2.62. The van der Waals surface area contributed by atoms with Gasteiger partial charge in [0.25, 0.3) is 0 Å². The molecule has 276 valence electrons. The van der Waals surface area contributed by atoms with Crippen molar-refractivity contribution in [2.24, 2.45) is 16.5 Å². The lowest BCUT2D eigenvalue weighted by molar-refractivity contribution is -0.0727. The lowest BCUT2D eigenvalue weighted by atomic mass is 9.74. The Bertz CT molecular complexity index is 1860. The molecule has 0 unspecified atom stereocenters. The molecule has 2 bridgehead atoms. The third-order valence-corrected chi connectivity index (χ3v) is 13.7. The summed E-state index contributed by atoms with van der Waals surface area (Å²) >= 11 is 0. The molecular weight excluding hydrogens is 697 g/mol. The average molecular weight is 743 g/mol. The van der Waals surface area contributed by atoms with Crippen LogP contribution in [0.1, 0.15) is 104 Å². The van der Waals surface area contributed by atoms with Crippen LogP contribution in [0.2, 0.25) is 0 Å². The Kier molecular flexibility index (Phi) is 10.2. The first kappa shape index (κ1) is 36.2. The molecule has 0 spiro atoms. The smallest absolute Gasteiger partial charge is 0.200 e. The molecule has 7 rings (SSSR count). The maximum atomic E-state index is 15.3. The van der Waals surface area contributed by atoms with Gasteiger partial charge in [-0.1, -0.05) is 33.7 Å². The van der Waals surface area contributed by atoms with Gasteiger partial charge in [0.15, 0.2) is 11.4 Å². The third-order valence-electron chi connectivity index (χ3n) is 10.8. The van der Waals surface area contributed by atoms with E-state index >= 15 is 4.79 Å². The Morgan fingerprint density at radius 2 is 1.86 bits per heavy atom. The second kappa shape index (κ2) is 14.3. The standard InChI is InChI=1S/C36H46N4O9S2/c1-35(45)12-4-7-21-25-30(49-33(21)35)26-24(15-41)51-50-17-36(16-42,39-34(37)38)14-23(43)29-22(13-18-8-10-19(40-46)11-9-18)28(44)27(32(26)48-29)31(25)47-20-5-2-3-6-20/h8-11,20-21,23-24,33,40-43,45-46H,2-7,12-17H2,1H3,(H4,37,38,39)/t21-,23-,24-,33-,35-,36+/m0/s1. The minimum atomic E-state index is -1.44. The van der Waals surface area contributed by atoms with Gasteiger partial charge in [-0.05, 0) is 69.6 Å². The van der Waals surface area contributed by atoms with Crippen molar-refractivity contribution in [1.29, 1.82) is 0 Å². The summed E-state index contributed by atoms with van der Waals surface area (Å²) in [5.41, 5.74) is 13.5. The number of nitrogens with zero attached hydrogens (tertiary/aromatic N) is 1. The number of nitrogens with two attached hydrogens (primary N) is 2. The quantitative estimate of drug-likeness (QED) is 0.0703. The molecule has 2 aliphatic carbocycles. The number of benzene rings is 2. The third kappa shape index (κ3) is 6.66. The Hall–Kier alpha value is -3.18. The van der Waals surface area contributed by atoms with Crippen LogP contribution in [0.25, 0.3) is 11.0 Å². The lowest BCUT2D eigenvalue weighted by Gasteiger charge is -2.37. The zero-order valence-corrected chi connectivity index (χ0v) is 30.1. The highest BCUT2D eigenvalue weighted by Crippen LogP contribution is 2.60. The molecule has 0 saturated heterocycles. The van der Waals surface area contributed by atoms with Gasteiger partial charge in [0.05, 0.1) is 41.4 Å². The van der Waals surface area contributed by atoms with Crippen molar-refractivity contribution in [3.05, 3.63) is 62.5 Å². The molecule has 2 fully saturated rings. The monoisotopic (exact) mass is 742 g/mol. The minimum absolute atomic E-state index is 0.0236. The molecule has 13 nitrogen and oxygen atoms in total. The zero-order valence-electron chi connectivity index (χ0n) is 28.5. The van der Waals surface area contributed by atoms with Gasteiger partial charge in [-0.2, -0.15) is 0 Å². The summed E-state index contributed by atoms with van der Waals surface area (Å²) in [4.78, 5) is 19.6. The topological polar surface area (TPSA) is 226 Å². The highest BCUT2D eigenvalue weighted by molar-refractivity contribution is 8.76. The van der Waals surface area contributed by atoms with Gasteiger partial charge >= 0.3 is 0 Å². The van der Waals surface area contributed by atoms with Crippen LogP contribution in [0.15, 0.2) is 38.5 Å². The van der Waals surface area contributed by atoms with Crippen LogP contribution >= 0.6 is 21.6 Å². The van der Waals surface area contributed by atoms with Crippen LogP contribution in [0.5, 0.6) is 11.5 Å². The number of nitrogens with one attached hydrogen (secondary N) is 1. The SMILES string of the molecule is C[C@]1(O)CCC[C@H]2c3c(c4c5oc(c(Cc6ccc(NO)cc6)c(=O)c5c3OC3CCCC3)[C@@H](O)C[C@](CO)(N=C(N)N)CSS[C@H]4CO)O[C@@H]21. The maximum Gasteiger partial charge on any atom is 0.200 e. The number of hydrogen-bond donors (Lipinski definition) is 8. The molecule has 15 heteroatoms.